The zero-order valence-electron chi connectivity index (χ0n) is 57.8. The second-order valence-corrected chi connectivity index (χ2v) is 25.8. The molecule has 12 heterocycles. The summed E-state index contributed by atoms with van der Waals surface area (Å²) in [5, 5.41) is 30.2. The average molecular weight is 1410 g/mol. The van der Waals surface area contributed by atoms with E-state index in [0.29, 0.717) is 103 Å². The number of rotatable bonds is 19. The summed E-state index contributed by atoms with van der Waals surface area (Å²) in [6.07, 6.45) is 10.1. The Kier molecular flexibility index (Phi) is 22.1. The molecule has 0 unspecified atom stereocenters. The third-order valence-electron chi connectivity index (χ3n) is 17.8. The van der Waals surface area contributed by atoms with E-state index < -0.39 is 0 Å². The van der Waals surface area contributed by atoms with E-state index in [1.165, 1.54) is 6.07 Å². The number of hydrogen-bond donors (Lipinski definition) is 6. The summed E-state index contributed by atoms with van der Waals surface area (Å²) in [6.45, 7) is 16.8. The number of nitrogens with zero attached hydrogens (tertiary/aromatic N) is 12. The summed E-state index contributed by atoms with van der Waals surface area (Å²) in [5.74, 6) is 1.03. The Morgan fingerprint density at radius 3 is 1.10 bits per heavy atom. The zero-order valence-corrected chi connectivity index (χ0v) is 58.6. The monoisotopic (exact) mass is 1410 g/mol. The van der Waals surface area contributed by atoms with Crippen LogP contribution in [0.4, 0.5) is 11.6 Å². The molecule has 0 aliphatic carbocycles. The van der Waals surface area contributed by atoms with E-state index in [2.05, 4.69) is 56.2 Å². The SMILES string of the molecule is CC(C)N1CCn2c(CN)cc(=O)c(OCc3ccccc3)c2C1=O.CC(C)N1CCn2c(CNc3nccc4[nH]ncc34)cc(=O)c(OCc3ccccc3)c2C1=O.CC(C)N1CCn2c(CNc3nccc4[nH]ncc34)cc(=O)c(OCc3ccccc3)c2C1=O.Clc1nccc2[nH]ncc12. The quantitative estimate of drug-likeness (QED) is 0.0410. The second kappa shape index (κ2) is 32.1. The van der Waals surface area contributed by atoms with Crippen LogP contribution in [0.5, 0.6) is 17.2 Å². The van der Waals surface area contributed by atoms with Crippen LogP contribution in [0.15, 0.2) is 179 Å². The molecule has 103 heavy (non-hydrogen) atoms. The van der Waals surface area contributed by atoms with Crippen molar-refractivity contribution >= 4 is 73.7 Å². The fraction of sp³-hybridized carbons (Fsp3) is 0.280. The molecule has 0 spiro atoms. The van der Waals surface area contributed by atoms with Crippen molar-refractivity contribution in [2.75, 3.05) is 30.3 Å². The van der Waals surface area contributed by atoms with Crippen molar-refractivity contribution < 1.29 is 28.6 Å². The van der Waals surface area contributed by atoms with E-state index in [-0.39, 0.29) is 95.7 Å². The maximum absolute atomic E-state index is 13.5. The summed E-state index contributed by atoms with van der Waals surface area (Å²) in [5.41, 5.74) is 13.2. The molecule has 0 fully saturated rings. The smallest absolute Gasteiger partial charge is 0.274 e. The second-order valence-electron chi connectivity index (χ2n) is 25.4. The third kappa shape index (κ3) is 15.8. The number of benzene rings is 3. The first kappa shape index (κ1) is 70.9. The van der Waals surface area contributed by atoms with Crippen LogP contribution in [-0.4, -0.2) is 129 Å². The normalized spacial score (nSPS) is 13.2. The van der Waals surface area contributed by atoms with Crippen LogP contribution in [0.25, 0.3) is 32.7 Å². The molecular formula is C75H79ClN18O9. The molecule has 7 N–H and O–H groups in total. The number of carbonyl (C=O) groups excluding carboxylic acids is 3. The summed E-state index contributed by atoms with van der Waals surface area (Å²) in [7, 11) is 0. The number of aromatic amines is 3. The topological polar surface area (TPSA) is 329 Å². The minimum Gasteiger partial charge on any atom is -0.483 e. The molecular weight excluding hydrogens is 1330 g/mol. The molecule has 3 aliphatic rings. The Labute approximate surface area is 596 Å². The van der Waals surface area contributed by atoms with Gasteiger partial charge in [-0.05, 0) is 76.4 Å². The molecule has 28 heteroatoms. The van der Waals surface area contributed by atoms with Crippen molar-refractivity contribution in [1.82, 2.24) is 73.9 Å². The highest BCUT2D eigenvalue weighted by molar-refractivity contribution is 6.34. The predicted octanol–water partition coefficient (Wildman–Crippen LogP) is 9.71. The van der Waals surface area contributed by atoms with Crippen LogP contribution in [0, 0.1) is 0 Å². The highest BCUT2D eigenvalue weighted by atomic mass is 35.5. The van der Waals surface area contributed by atoms with Crippen molar-refractivity contribution in [2.24, 2.45) is 5.73 Å². The Morgan fingerprint density at radius 1 is 0.437 bits per heavy atom. The highest BCUT2D eigenvalue weighted by Crippen LogP contribution is 2.30. The van der Waals surface area contributed by atoms with E-state index in [0.717, 1.165) is 49.4 Å². The van der Waals surface area contributed by atoms with E-state index in [1.54, 1.807) is 64.0 Å². The Hall–Kier alpha value is -12.0. The molecule has 27 nitrogen and oxygen atoms in total. The maximum Gasteiger partial charge on any atom is 0.274 e. The lowest BCUT2D eigenvalue weighted by Gasteiger charge is -2.35. The first-order valence-electron chi connectivity index (χ1n) is 33.9. The minimum absolute atomic E-state index is 0.0167. The van der Waals surface area contributed by atoms with Gasteiger partial charge in [0.15, 0.2) is 34.3 Å². The molecule has 15 rings (SSSR count). The van der Waals surface area contributed by atoms with Crippen LogP contribution in [0.1, 0.15) is 107 Å². The number of nitrogens with two attached hydrogens (primary N) is 1. The summed E-state index contributed by atoms with van der Waals surface area (Å²) in [4.78, 5) is 96.7. The van der Waals surface area contributed by atoms with Gasteiger partial charge in [0.25, 0.3) is 17.7 Å². The number of pyridine rings is 6. The third-order valence-corrected chi connectivity index (χ3v) is 18.1. The van der Waals surface area contributed by atoms with Gasteiger partial charge in [-0.3, -0.25) is 44.1 Å². The number of halogens is 1. The highest BCUT2D eigenvalue weighted by Gasteiger charge is 2.35. The number of fused-ring (bicyclic) bond motifs is 6. The maximum atomic E-state index is 13.5. The van der Waals surface area contributed by atoms with Gasteiger partial charge >= 0.3 is 0 Å². The number of H-pyrrole nitrogens is 3. The first-order valence-corrected chi connectivity index (χ1v) is 34.2. The number of anilines is 2. The number of carbonyl (C=O) groups is 3. The molecule has 0 saturated heterocycles. The van der Waals surface area contributed by atoms with Gasteiger partial charge in [-0.1, -0.05) is 103 Å². The molecule has 0 saturated carbocycles. The first-order chi connectivity index (χ1) is 50.0. The van der Waals surface area contributed by atoms with Crippen LogP contribution >= 0.6 is 11.6 Å². The summed E-state index contributed by atoms with van der Waals surface area (Å²) in [6, 6.07) is 38.9. The van der Waals surface area contributed by atoms with Crippen molar-refractivity contribution in [3.8, 4) is 17.2 Å². The van der Waals surface area contributed by atoms with Crippen molar-refractivity contribution in [2.45, 2.75) is 119 Å². The molecule has 530 valence electrons. The Bertz CT molecular complexity index is 4980. The molecule has 3 aromatic carbocycles. The zero-order chi connectivity index (χ0) is 72.3. The molecule has 3 amide bonds. The van der Waals surface area contributed by atoms with Gasteiger partial charge in [-0.25, -0.2) is 15.0 Å². The van der Waals surface area contributed by atoms with Crippen LogP contribution in [0.3, 0.4) is 0 Å². The minimum atomic E-state index is -0.313. The fourth-order valence-electron chi connectivity index (χ4n) is 12.5. The van der Waals surface area contributed by atoms with Crippen LogP contribution < -0.4 is 46.9 Å². The van der Waals surface area contributed by atoms with E-state index in [4.69, 9.17) is 31.5 Å². The molecule has 0 bridgehead atoms. The number of amides is 3. The summed E-state index contributed by atoms with van der Waals surface area (Å²) >= 11 is 5.73. The van der Waals surface area contributed by atoms with Crippen molar-refractivity contribution in [1.29, 1.82) is 0 Å². The number of ether oxygens (including phenoxy) is 3. The number of hydrogen-bond acceptors (Lipinski definition) is 18. The summed E-state index contributed by atoms with van der Waals surface area (Å²) < 4.78 is 23.3. The van der Waals surface area contributed by atoms with Gasteiger partial charge < -0.3 is 59.0 Å². The molecule has 0 atom stereocenters. The molecule has 12 aromatic rings. The molecule has 9 aromatic heterocycles. The van der Waals surface area contributed by atoms with E-state index in [9.17, 15) is 28.8 Å². The standard InChI is InChI=1S/2C25H26N6O3.C19H23N3O3.C6H4ClN3/c2*1-16(2)30-10-11-31-18(13-27-24-19-14-28-29-20(19)8-9-26-24)12-21(32)23(22(31)25(30)33)34-15-17-6-4-3-5-7-17;1-13(2)21-8-9-22-15(11-20)10-16(23)18(17(22)19(21)24)25-12-14-6-4-3-5-7-14;7-6-4-3-9-10-5(4)1-2-8-6/h2*3-9,12,14,16H,10-11,13,15H2,1-2H3,(H,26,27)(H,28,29);3-7,10,13H,8-9,11-12,20H2,1-2H3;1-3H,(H,9,10). The Morgan fingerprint density at radius 2 is 0.757 bits per heavy atom. The van der Waals surface area contributed by atoms with Gasteiger partial charge in [-0.15, -0.1) is 0 Å². The van der Waals surface area contributed by atoms with E-state index >= 15 is 0 Å². The van der Waals surface area contributed by atoms with Gasteiger partial charge in [-0.2, -0.15) is 15.3 Å². The average Bonchev–Trinajstić information content (AvgIpc) is 1.67. The van der Waals surface area contributed by atoms with Crippen molar-refractivity contribution in [3.05, 3.63) is 251 Å². The lowest BCUT2D eigenvalue weighted by atomic mass is 10.1. The van der Waals surface area contributed by atoms with Gasteiger partial charge in [0, 0.05) is 118 Å². The number of nitrogens with one attached hydrogen (secondary N) is 5. The Balaban J connectivity index is 0.000000137. The number of aromatic nitrogens is 12. The predicted molar refractivity (Wildman–Crippen MR) is 392 cm³/mol. The molecule has 0 radical (unpaired) electrons. The van der Waals surface area contributed by atoms with Crippen LogP contribution in [0.2, 0.25) is 5.15 Å². The van der Waals surface area contributed by atoms with Crippen molar-refractivity contribution in [3.63, 3.8) is 0 Å². The van der Waals surface area contributed by atoms with Gasteiger partial charge in [0.05, 0.1) is 64.4 Å². The van der Waals surface area contributed by atoms with Crippen LogP contribution in [-0.2, 0) is 59.1 Å². The lowest BCUT2D eigenvalue weighted by molar-refractivity contribution is 0.0628. The largest absolute Gasteiger partial charge is 0.483 e. The van der Waals surface area contributed by atoms with E-state index in [1.807, 2.05) is 164 Å². The van der Waals surface area contributed by atoms with Gasteiger partial charge in [0.2, 0.25) is 16.3 Å². The molecule has 3 aliphatic heterocycles. The lowest BCUT2D eigenvalue weighted by Crippen LogP contribution is -2.46. The fourth-order valence-corrected chi connectivity index (χ4v) is 12.7. The van der Waals surface area contributed by atoms with Gasteiger partial charge in [0.1, 0.15) is 36.6 Å².